The third-order valence-electron chi connectivity index (χ3n) is 11.9. The fourth-order valence-electron chi connectivity index (χ4n) is 9.32. The number of para-hydroxylation sites is 3. The van der Waals surface area contributed by atoms with Gasteiger partial charge in [-0.3, -0.25) is 4.57 Å². The smallest absolute Gasteiger partial charge is 0.165 e. The van der Waals surface area contributed by atoms with E-state index in [-0.39, 0.29) is 0 Å². The molecular formula is C52H30N4S. The molecule has 0 aliphatic rings. The number of hydrogen-bond donors (Lipinski definition) is 0. The molecule has 4 heterocycles. The van der Waals surface area contributed by atoms with E-state index in [1.807, 2.05) is 11.3 Å². The van der Waals surface area contributed by atoms with Gasteiger partial charge in [0, 0.05) is 58.4 Å². The summed E-state index contributed by atoms with van der Waals surface area (Å²) in [6.45, 7) is 0. The summed E-state index contributed by atoms with van der Waals surface area (Å²) in [6.07, 6.45) is 0. The monoisotopic (exact) mass is 742 g/mol. The van der Waals surface area contributed by atoms with E-state index in [1.165, 1.54) is 74.3 Å². The topological polar surface area (TPSA) is 35.6 Å². The van der Waals surface area contributed by atoms with E-state index in [4.69, 9.17) is 9.97 Å². The van der Waals surface area contributed by atoms with Crippen LogP contribution in [0.5, 0.6) is 0 Å². The maximum Gasteiger partial charge on any atom is 0.165 e. The van der Waals surface area contributed by atoms with Gasteiger partial charge in [0.05, 0.1) is 33.1 Å². The second kappa shape index (κ2) is 11.6. The number of nitrogens with zero attached hydrogens (tertiary/aromatic N) is 4. The molecule has 0 saturated carbocycles. The Morgan fingerprint density at radius 2 is 1.04 bits per heavy atom. The molecule has 0 aliphatic carbocycles. The van der Waals surface area contributed by atoms with Crippen LogP contribution in [0.3, 0.4) is 0 Å². The van der Waals surface area contributed by atoms with Crippen LogP contribution < -0.4 is 0 Å². The van der Waals surface area contributed by atoms with E-state index in [1.54, 1.807) is 0 Å². The van der Waals surface area contributed by atoms with Crippen LogP contribution in [0.25, 0.3) is 119 Å². The molecule has 9 aromatic carbocycles. The molecule has 0 aliphatic heterocycles. The van der Waals surface area contributed by atoms with Crippen molar-refractivity contribution < 1.29 is 0 Å². The van der Waals surface area contributed by atoms with Gasteiger partial charge in [0.15, 0.2) is 5.82 Å². The molecule has 0 N–H and O–H groups in total. The minimum Gasteiger partial charge on any atom is -0.309 e. The van der Waals surface area contributed by atoms with Crippen molar-refractivity contribution in [2.75, 3.05) is 0 Å². The molecule has 0 radical (unpaired) electrons. The molecule has 0 bridgehead atoms. The summed E-state index contributed by atoms with van der Waals surface area (Å²) < 4.78 is 7.32. The van der Waals surface area contributed by atoms with Crippen molar-refractivity contribution in [3.63, 3.8) is 0 Å². The lowest BCUT2D eigenvalue weighted by molar-refractivity contribution is 1.08. The largest absolute Gasteiger partial charge is 0.309 e. The first-order chi connectivity index (χ1) is 28.3. The van der Waals surface area contributed by atoms with Crippen LogP contribution in [0.4, 0.5) is 0 Å². The van der Waals surface area contributed by atoms with Gasteiger partial charge in [-0.1, -0.05) is 133 Å². The summed E-state index contributed by atoms with van der Waals surface area (Å²) in [7, 11) is 0. The Morgan fingerprint density at radius 3 is 1.91 bits per heavy atom. The van der Waals surface area contributed by atoms with Crippen LogP contribution in [-0.4, -0.2) is 19.1 Å². The molecule has 0 spiro atoms. The van der Waals surface area contributed by atoms with Crippen molar-refractivity contribution in [3.05, 3.63) is 182 Å². The summed E-state index contributed by atoms with van der Waals surface area (Å²) in [6, 6.07) is 65.9. The quantitative estimate of drug-likeness (QED) is 0.181. The van der Waals surface area contributed by atoms with Crippen LogP contribution in [0.2, 0.25) is 0 Å². The van der Waals surface area contributed by atoms with Gasteiger partial charge in [-0.2, -0.15) is 0 Å². The van der Waals surface area contributed by atoms with E-state index >= 15 is 0 Å². The van der Waals surface area contributed by atoms with Crippen LogP contribution >= 0.6 is 11.3 Å². The molecule has 4 aromatic heterocycles. The van der Waals surface area contributed by atoms with Crippen molar-refractivity contribution in [2.24, 2.45) is 0 Å². The highest BCUT2D eigenvalue weighted by Crippen LogP contribution is 2.44. The Kier molecular flexibility index (Phi) is 6.29. The number of rotatable bonds is 3. The van der Waals surface area contributed by atoms with Crippen molar-refractivity contribution in [1.29, 1.82) is 0 Å². The Labute approximate surface area is 330 Å². The van der Waals surface area contributed by atoms with E-state index in [2.05, 4.69) is 191 Å². The summed E-state index contributed by atoms with van der Waals surface area (Å²) in [5.41, 5.74) is 9.36. The lowest BCUT2D eigenvalue weighted by Gasteiger charge is -2.15. The molecule has 0 atom stereocenters. The predicted octanol–water partition coefficient (Wildman–Crippen LogP) is 14.2. The zero-order valence-electron chi connectivity index (χ0n) is 30.5. The van der Waals surface area contributed by atoms with Crippen molar-refractivity contribution in [3.8, 4) is 22.8 Å². The Morgan fingerprint density at radius 1 is 0.386 bits per heavy atom. The van der Waals surface area contributed by atoms with Crippen LogP contribution in [0.1, 0.15) is 0 Å². The Bertz CT molecular complexity index is 3830. The molecule has 0 fully saturated rings. The molecule has 57 heavy (non-hydrogen) atoms. The maximum atomic E-state index is 5.57. The second-order valence-corrected chi connectivity index (χ2v) is 16.0. The van der Waals surface area contributed by atoms with E-state index in [0.717, 1.165) is 44.8 Å². The summed E-state index contributed by atoms with van der Waals surface area (Å²) >= 11 is 1.83. The van der Waals surface area contributed by atoms with Crippen LogP contribution in [0.15, 0.2) is 182 Å². The number of hydrogen-bond acceptors (Lipinski definition) is 3. The van der Waals surface area contributed by atoms with Gasteiger partial charge in [0.1, 0.15) is 5.69 Å². The second-order valence-electron chi connectivity index (χ2n) is 15.0. The lowest BCUT2D eigenvalue weighted by Crippen LogP contribution is -2.04. The van der Waals surface area contributed by atoms with Crippen molar-refractivity contribution in [2.45, 2.75) is 0 Å². The van der Waals surface area contributed by atoms with Gasteiger partial charge in [0.2, 0.25) is 0 Å². The molecule has 0 unspecified atom stereocenters. The van der Waals surface area contributed by atoms with Gasteiger partial charge < -0.3 is 4.57 Å². The lowest BCUT2D eigenvalue weighted by atomic mass is 10.1. The summed E-state index contributed by atoms with van der Waals surface area (Å²) in [5.74, 6) is 0.818. The zero-order valence-corrected chi connectivity index (χ0v) is 31.3. The van der Waals surface area contributed by atoms with E-state index < -0.39 is 0 Å². The molecule has 13 rings (SSSR count). The van der Waals surface area contributed by atoms with Crippen LogP contribution in [0, 0.1) is 0 Å². The average Bonchev–Trinajstić information content (AvgIpc) is 3.92. The van der Waals surface area contributed by atoms with E-state index in [0.29, 0.717) is 0 Å². The number of aromatic nitrogens is 4. The first-order valence-electron chi connectivity index (χ1n) is 19.3. The molecule has 0 amide bonds. The van der Waals surface area contributed by atoms with Gasteiger partial charge >= 0.3 is 0 Å². The first kappa shape index (κ1) is 30.9. The Hall–Kier alpha value is -7.34. The molecule has 264 valence electrons. The molecule has 13 aromatic rings. The third kappa shape index (κ3) is 4.37. The molecule has 5 heteroatoms. The highest BCUT2D eigenvalue weighted by molar-refractivity contribution is 7.26. The minimum absolute atomic E-state index is 0.818. The van der Waals surface area contributed by atoms with Gasteiger partial charge in [-0.15, -0.1) is 11.3 Å². The van der Waals surface area contributed by atoms with Crippen molar-refractivity contribution >= 4 is 108 Å². The SMILES string of the molecule is c1ccc2cc3c(cc2c1)c1ccc(-n2c4ccccc4c4ccc5ccccc5c42)cc1n3-c1nc2ccccc2nc1-c1cccc2c1sc1ccccc12. The molecule has 4 nitrogen and oxygen atoms in total. The maximum absolute atomic E-state index is 5.57. The minimum atomic E-state index is 0.818. The van der Waals surface area contributed by atoms with Gasteiger partial charge in [-0.25, -0.2) is 9.97 Å². The van der Waals surface area contributed by atoms with Gasteiger partial charge in [0.25, 0.3) is 0 Å². The van der Waals surface area contributed by atoms with E-state index in [9.17, 15) is 0 Å². The standard InChI is InChI=1S/C52H30N4S/c1-2-14-33-29-46-42(28-32(33)13-1)37-27-25-34(55-45-22-9-5-16-36(45)39-26-24-31-12-3-4-15-35(31)50(39)55)30-47(37)56(46)52-49(53-43-20-7-8-21-44(43)54-52)41-19-11-18-40-38-17-6-10-23-48(38)57-51(40)41/h1-30H. The van der Waals surface area contributed by atoms with Crippen molar-refractivity contribution in [1.82, 2.24) is 19.1 Å². The fraction of sp³-hybridized carbons (Fsp3) is 0. The highest BCUT2D eigenvalue weighted by Gasteiger charge is 2.23. The summed E-state index contributed by atoms with van der Waals surface area (Å²) in [4.78, 5) is 11.1. The first-order valence-corrected chi connectivity index (χ1v) is 20.1. The average molecular weight is 743 g/mol. The Balaban J connectivity index is 1.19. The fourth-order valence-corrected chi connectivity index (χ4v) is 10.5. The highest BCUT2D eigenvalue weighted by atomic mass is 32.1. The normalized spacial score (nSPS) is 12.2. The van der Waals surface area contributed by atoms with Crippen LogP contribution in [-0.2, 0) is 0 Å². The molecule has 0 saturated heterocycles. The van der Waals surface area contributed by atoms with Gasteiger partial charge in [-0.05, 0) is 64.7 Å². The number of benzene rings is 9. The summed E-state index contributed by atoms with van der Waals surface area (Å²) in [5, 5.41) is 12.2. The third-order valence-corrected chi connectivity index (χ3v) is 13.1. The zero-order chi connectivity index (χ0) is 37.2. The molecular weight excluding hydrogens is 713 g/mol. The number of thiophene rings is 1. The predicted molar refractivity (Wildman–Crippen MR) is 242 cm³/mol. The number of fused-ring (bicyclic) bond motifs is 13.